The third kappa shape index (κ3) is 2.27. The topological polar surface area (TPSA) is 99.0 Å². The van der Waals surface area contributed by atoms with Crippen LogP contribution < -0.4 is 16.8 Å². The molecule has 0 bridgehead atoms. The molecule has 0 spiro atoms. The van der Waals surface area contributed by atoms with Crippen molar-refractivity contribution in [3.63, 3.8) is 0 Å². The van der Waals surface area contributed by atoms with Crippen molar-refractivity contribution in [2.45, 2.75) is 6.54 Å². The number of carbonyl (C=O) groups is 1. The fraction of sp³-hybridized carbons (Fsp3) is 0.167. The molecule has 0 fully saturated rings. The second-order valence-corrected chi connectivity index (χ2v) is 3.94. The fourth-order valence-corrected chi connectivity index (χ4v) is 1.68. The molecular weight excluding hydrogens is 230 g/mol. The van der Waals surface area contributed by atoms with E-state index in [9.17, 15) is 4.79 Å². The Balaban J connectivity index is 2.17. The first-order valence-electron chi connectivity index (χ1n) is 5.48. The highest BCUT2D eigenvalue weighted by atomic mass is 16.1. The van der Waals surface area contributed by atoms with Crippen LogP contribution in [0.1, 0.15) is 16.2 Å². The van der Waals surface area contributed by atoms with E-state index < -0.39 is 5.91 Å². The first-order valence-corrected chi connectivity index (χ1v) is 5.48. The third-order valence-electron chi connectivity index (χ3n) is 2.73. The highest BCUT2D eigenvalue weighted by Gasteiger charge is 2.09. The normalized spacial score (nSPS) is 10.3. The molecule has 0 aliphatic rings. The van der Waals surface area contributed by atoms with Gasteiger partial charge in [0, 0.05) is 19.4 Å². The Bertz CT molecular complexity index is 576. The number of nitrogens with one attached hydrogen (secondary N) is 1. The monoisotopic (exact) mass is 245 g/mol. The van der Waals surface area contributed by atoms with Gasteiger partial charge in [-0.05, 0) is 12.1 Å². The number of hydrogen-bond acceptors (Lipinski definition) is 4. The van der Waals surface area contributed by atoms with Gasteiger partial charge in [-0.2, -0.15) is 0 Å². The minimum Gasteiger partial charge on any atom is -0.396 e. The second kappa shape index (κ2) is 4.79. The summed E-state index contributed by atoms with van der Waals surface area (Å²) in [5.41, 5.74) is 12.5. The van der Waals surface area contributed by atoms with Crippen molar-refractivity contribution in [3.05, 3.63) is 42.0 Å². The lowest BCUT2D eigenvalue weighted by Gasteiger charge is -2.11. The van der Waals surface area contributed by atoms with Crippen LogP contribution in [0.2, 0.25) is 0 Å². The van der Waals surface area contributed by atoms with Crippen LogP contribution in [-0.2, 0) is 13.6 Å². The molecule has 1 heterocycles. The number of anilines is 2. The molecule has 1 amide bonds. The van der Waals surface area contributed by atoms with Crippen LogP contribution in [0.25, 0.3) is 0 Å². The number of primary amides is 1. The van der Waals surface area contributed by atoms with Crippen molar-refractivity contribution >= 4 is 17.3 Å². The highest BCUT2D eigenvalue weighted by Crippen LogP contribution is 2.22. The maximum atomic E-state index is 11.2. The van der Waals surface area contributed by atoms with E-state index in [0.29, 0.717) is 23.5 Å². The maximum Gasteiger partial charge on any atom is 0.250 e. The van der Waals surface area contributed by atoms with Crippen LogP contribution in [0, 0.1) is 0 Å². The molecule has 5 N–H and O–H groups in total. The van der Waals surface area contributed by atoms with Gasteiger partial charge < -0.3 is 21.4 Å². The molecular formula is C12H15N5O. The molecule has 6 nitrogen and oxygen atoms in total. The van der Waals surface area contributed by atoms with Crippen LogP contribution >= 0.6 is 0 Å². The Morgan fingerprint density at radius 2 is 2.28 bits per heavy atom. The summed E-state index contributed by atoms with van der Waals surface area (Å²) in [7, 11) is 1.91. The zero-order valence-corrected chi connectivity index (χ0v) is 10.1. The number of carbonyl (C=O) groups excluding carboxylic acids is 1. The van der Waals surface area contributed by atoms with Crippen LogP contribution in [0.3, 0.4) is 0 Å². The number of amides is 1. The third-order valence-corrected chi connectivity index (χ3v) is 2.73. The first-order chi connectivity index (χ1) is 8.59. The average Bonchev–Trinajstić information content (AvgIpc) is 2.73. The molecule has 18 heavy (non-hydrogen) atoms. The van der Waals surface area contributed by atoms with Gasteiger partial charge in [0.2, 0.25) is 0 Å². The number of nitrogens with zero attached hydrogens (tertiary/aromatic N) is 2. The predicted molar refractivity (Wildman–Crippen MR) is 69.9 cm³/mol. The Morgan fingerprint density at radius 1 is 1.50 bits per heavy atom. The summed E-state index contributed by atoms with van der Waals surface area (Å²) in [6, 6.07) is 5.13. The standard InChI is InChI=1S/C12H15N5O/c1-17-6-5-15-10(17)7-16-9-4-2-3-8(11(9)13)12(14)18/h2-6,16H,7,13H2,1H3,(H2,14,18). The van der Waals surface area contributed by atoms with Crippen LogP contribution in [0.15, 0.2) is 30.6 Å². The molecule has 1 aromatic heterocycles. The molecule has 0 unspecified atom stereocenters. The van der Waals surface area contributed by atoms with E-state index in [1.165, 1.54) is 0 Å². The van der Waals surface area contributed by atoms with Crippen molar-refractivity contribution in [1.82, 2.24) is 9.55 Å². The lowest BCUT2D eigenvalue weighted by atomic mass is 10.1. The molecule has 0 saturated heterocycles. The van der Waals surface area contributed by atoms with Gasteiger partial charge in [0.25, 0.3) is 5.91 Å². The molecule has 0 atom stereocenters. The number of benzene rings is 1. The van der Waals surface area contributed by atoms with Gasteiger partial charge in [-0.15, -0.1) is 0 Å². The maximum absolute atomic E-state index is 11.2. The van der Waals surface area contributed by atoms with E-state index >= 15 is 0 Å². The van der Waals surface area contributed by atoms with Gasteiger partial charge in [-0.25, -0.2) is 4.98 Å². The van der Waals surface area contributed by atoms with Gasteiger partial charge in [-0.3, -0.25) is 4.79 Å². The molecule has 0 radical (unpaired) electrons. The van der Waals surface area contributed by atoms with Gasteiger partial charge in [0.15, 0.2) is 0 Å². The Hall–Kier alpha value is -2.50. The summed E-state index contributed by atoms with van der Waals surface area (Å²) >= 11 is 0. The summed E-state index contributed by atoms with van der Waals surface area (Å²) in [6.07, 6.45) is 3.58. The lowest BCUT2D eigenvalue weighted by molar-refractivity contribution is 0.100. The van der Waals surface area contributed by atoms with Gasteiger partial charge in [0.1, 0.15) is 5.82 Å². The molecule has 0 aliphatic heterocycles. The summed E-state index contributed by atoms with van der Waals surface area (Å²) in [6.45, 7) is 0.524. The molecule has 2 rings (SSSR count). The number of aryl methyl sites for hydroxylation is 1. The number of imidazole rings is 1. The largest absolute Gasteiger partial charge is 0.396 e. The number of nitrogens with two attached hydrogens (primary N) is 2. The quantitative estimate of drug-likeness (QED) is 0.691. The summed E-state index contributed by atoms with van der Waals surface area (Å²) < 4.78 is 1.90. The van der Waals surface area contributed by atoms with Crippen LogP contribution in [-0.4, -0.2) is 15.5 Å². The molecule has 94 valence electrons. The first kappa shape index (κ1) is 12.0. The van der Waals surface area contributed by atoms with E-state index in [4.69, 9.17) is 11.5 Å². The molecule has 6 heteroatoms. The number of rotatable bonds is 4. The average molecular weight is 245 g/mol. The second-order valence-electron chi connectivity index (χ2n) is 3.94. The number of para-hydroxylation sites is 1. The highest BCUT2D eigenvalue weighted by molar-refractivity contribution is 6.00. The van der Waals surface area contributed by atoms with Crippen molar-refractivity contribution < 1.29 is 4.79 Å². The van der Waals surface area contributed by atoms with E-state index in [2.05, 4.69) is 10.3 Å². The summed E-state index contributed by atoms with van der Waals surface area (Å²) in [4.78, 5) is 15.3. The van der Waals surface area contributed by atoms with E-state index in [1.807, 2.05) is 17.8 Å². The zero-order valence-electron chi connectivity index (χ0n) is 10.1. The van der Waals surface area contributed by atoms with Crippen LogP contribution in [0.4, 0.5) is 11.4 Å². The number of hydrogen-bond donors (Lipinski definition) is 3. The molecule has 0 saturated carbocycles. The molecule has 0 aliphatic carbocycles. The van der Waals surface area contributed by atoms with E-state index in [-0.39, 0.29) is 0 Å². The Kier molecular flexibility index (Phi) is 3.18. The van der Waals surface area contributed by atoms with Crippen molar-refractivity contribution in [2.24, 2.45) is 12.8 Å². The van der Waals surface area contributed by atoms with Crippen molar-refractivity contribution in [1.29, 1.82) is 0 Å². The zero-order chi connectivity index (χ0) is 13.1. The fourth-order valence-electron chi connectivity index (χ4n) is 1.68. The SMILES string of the molecule is Cn1ccnc1CNc1cccc(C(N)=O)c1N. The van der Waals surface area contributed by atoms with E-state index in [1.54, 1.807) is 24.4 Å². The minimum atomic E-state index is -0.534. The van der Waals surface area contributed by atoms with Crippen molar-refractivity contribution in [3.8, 4) is 0 Å². The minimum absolute atomic E-state index is 0.319. The van der Waals surface area contributed by atoms with Gasteiger partial charge in [-0.1, -0.05) is 6.07 Å². The summed E-state index contributed by atoms with van der Waals surface area (Å²) in [5, 5.41) is 3.14. The van der Waals surface area contributed by atoms with Gasteiger partial charge >= 0.3 is 0 Å². The van der Waals surface area contributed by atoms with Gasteiger partial charge in [0.05, 0.1) is 23.5 Å². The van der Waals surface area contributed by atoms with Crippen LogP contribution in [0.5, 0.6) is 0 Å². The molecule has 1 aromatic carbocycles. The smallest absolute Gasteiger partial charge is 0.250 e. The van der Waals surface area contributed by atoms with Crippen molar-refractivity contribution in [2.75, 3.05) is 11.1 Å². The number of nitrogen functional groups attached to an aromatic ring is 1. The predicted octanol–water partition coefficient (Wildman–Crippen LogP) is 0.713. The molecule has 2 aromatic rings. The number of aromatic nitrogens is 2. The Labute approximate surface area is 105 Å². The lowest BCUT2D eigenvalue weighted by Crippen LogP contribution is -2.15. The Morgan fingerprint density at radius 3 is 2.89 bits per heavy atom. The van der Waals surface area contributed by atoms with E-state index in [0.717, 1.165) is 5.82 Å². The summed E-state index contributed by atoms with van der Waals surface area (Å²) in [5.74, 6) is 0.340.